The normalized spacial score (nSPS) is 18.1. The van der Waals surface area contributed by atoms with Crippen molar-refractivity contribution in [2.75, 3.05) is 0 Å². The molecule has 1 rings (SSSR count). The molecule has 0 amide bonds. The van der Waals surface area contributed by atoms with Crippen LogP contribution in [0.3, 0.4) is 0 Å². The van der Waals surface area contributed by atoms with Crippen LogP contribution in [0.5, 0.6) is 0 Å². The summed E-state index contributed by atoms with van der Waals surface area (Å²) in [5, 5.41) is 0. The Morgan fingerprint density at radius 2 is 1.53 bits per heavy atom. The van der Waals surface area contributed by atoms with Crippen molar-refractivity contribution >= 4 is 5.97 Å². The van der Waals surface area contributed by atoms with E-state index in [1.807, 2.05) is 20.8 Å². The third kappa shape index (κ3) is 4.06. The molecule has 0 aromatic rings. The van der Waals surface area contributed by atoms with Crippen LogP contribution in [0.15, 0.2) is 11.1 Å². The van der Waals surface area contributed by atoms with Gasteiger partial charge in [-0.3, -0.25) is 0 Å². The zero-order chi connectivity index (χ0) is 11.3. The highest BCUT2D eigenvalue weighted by atomic mass is 16.5. The zero-order valence-corrected chi connectivity index (χ0v) is 10.1. The second-order valence-corrected chi connectivity index (χ2v) is 4.64. The van der Waals surface area contributed by atoms with Crippen molar-refractivity contribution in [1.82, 2.24) is 0 Å². The van der Waals surface area contributed by atoms with Crippen LogP contribution in [0, 0.1) is 0 Å². The fraction of sp³-hybridized carbons (Fsp3) is 0.769. The maximum atomic E-state index is 11.7. The minimum Gasteiger partial charge on any atom is -0.459 e. The fourth-order valence-corrected chi connectivity index (χ4v) is 1.80. The maximum absolute atomic E-state index is 11.7. The molecule has 0 atom stereocenters. The highest BCUT2D eigenvalue weighted by molar-refractivity contribution is 5.88. The van der Waals surface area contributed by atoms with Gasteiger partial charge in [0.05, 0.1) is 0 Å². The molecule has 15 heavy (non-hydrogen) atoms. The maximum Gasteiger partial charge on any atom is 0.333 e. The van der Waals surface area contributed by atoms with Crippen LogP contribution in [-0.4, -0.2) is 12.1 Å². The Labute approximate surface area is 92.7 Å². The van der Waals surface area contributed by atoms with Crippen molar-refractivity contribution in [3.05, 3.63) is 11.1 Å². The van der Waals surface area contributed by atoms with E-state index in [9.17, 15) is 4.79 Å². The van der Waals surface area contributed by atoms with E-state index >= 15 is 0 Å². The minimum absolute atomic E-state index is 0.123. The monoisotopic (exact) mass is 210 g/mol. The summed E-state index contributed by atoms with van der Waals surface area (Å²) in [7, 11) is 0. The third-order valence-corrected chi connectivity index (χ3v) is 3.13. The molecular weight excluding hydrogens is 188 g/mol. The Hall–Kier alpha value is -0.790. The van der Waals surface area contributed by atoms with Crippen LogP contribution in [0.1, 0.15) is 59.3 Å². The van der Waals surface area contributed by atoms with Gasteiger partial charge in [0.25, 0.3) is 0 Å². The number of hydrogen-bond acceptors (Lipinski definition) is 2. The van der Waals surface area contributed by atoms with Crippen molar-refractivity contribution < 1.29 is 9.53 Å². The van der Waals surface area contributed by atoms with Crippen LogP contribution in [0.25, 0.3) is 0 Å². The summed E-state index contributed by atoms with van der Waals surface area (Å²) in [5.41, 5.74) is 1.81. The number of allylic oxidation sites excluding steroid dienone is 1. The van der Waals surface area contributed by atoms with Gasteiger partial charge < -0.3 is 4.74 Å². The molecule has 1 saturated carbocycles. The summed E-state index contributed by atoms with van der Waals surface area (Å²) in [6.45, 7) is 5.74. The van der Waals surface area contributed by atoms with Crippen molar-refractivity contribution in [3.63, 3.8) is 0 Å². The summed E-state index contributed by atoms with van der Waals surface area (Å²) in [5.74, 6) is -0.123. The molecule has 0 radical (unpaired) electrons. The highest BCUT2D eigenvalue weighted by Crippen LogP contribution is 2.21. The first-order chi connectivity index (χ1) is 7.11. The Morgan fingerprint density at radius 1 is 1.00 bits per heavy atom. The Kier molecular flexibility index (Phi) is 4.86. The van der Waals surface area contributed by atoms with E-state index in [0.717, 1.165) is 24.0 Å². The Balaban J connectivity index is 2.46. The Morgan fingerprint density at radius 3 is 2.00 bits per heavy atom. The molecular formula is C13H22O2. The first kappa shape index (κ1) is 12.3. The second-order valence-electron chi connectivity index (χ2n) is 4.64. The van der Waals surface area contributed by atoms with E-state index in [4.69, 9.17) is 4.74 Å². The summed E-state index contributed by atoms with van der Waals surface area (Å²) in [6, 6.07) is 0. The molecule has 0 heterocycles. The van der Waals surface area contributed by atoms with Crippen LogP contribution in [0.2, 0.25) is 0 Å². The fourth-order valence-electron chi connectivity index (χ4n) is 1.80. The van der Waals surface area contributed by atoms with Gasteiger partial charge in [-0.15, -0.1) is 0 Å². The third-order valence-electron chi connectivity index (χ3n) is 3.13. The lowest BCUT2D eigenvalue weighted by Gasteiger charge is -2.16. The molecule has 0 bridgehead atoms. The van der Waals surface area contributed by atoms with E-state index in [0.29, 0.717) is 0 Å². The van der Waals surface area contributed by atoms with E-state index in [-0.39, 0.29) is 12.1 Å². The van der Waals surface area contributed by atoms with Gasteiger partial charge in [-0.05, 0) is 46.5 Å². The van der Waals surface area contributed by atoms with Crippen LogP contribution in [-0.2, 0) is 9.53 Å². The molecule has 2 nitrogen and oxygen atoms in total. The molecule has 0 aliphatic heterocycles. The average Bonchev–Trinajstić information content (AvgIpc) is 2.45. The lowest BCUT2D eigenvalue weighted by Crippen LogP contribution is -2.18. The number of carbonyl (C=O) groups is 1. The van der Waals surface area contributed by atoms with Gasteiger partial charge in [-0.1, -0.05) is 18.4 Å². The molecule has 0 aromatic heterocycles. The molecule has 1 aliphatic rings. The summed E-state index contributed by atoms with van der Waals surface area (Å²) >= 11 is 0. The van der Waals surface area contributed by atoms with Crippen LogP contribution < -0.4 is 0 Å². The molecule has 0 N–H and O–H groups in total. The van der Waals surface area contributed by atoms with Crippen molar-refractivity contribution in [2.45, 2.75) is 65.4 Å². The number of esters is 1. The smallest absolute Gasteiger partial charge is 0.333 e. The quantitative estimate of drug-likeness (QED) is 0.395. The van der Waals surface area contributed by atoms with Crippen molar-refractivity contribution in [1.29, 1.82) is 0 Å². The largest absolute Gasteiger partial charge is 0.459 e. The van der Waals surface area contributed by atoms with Crippen LogP contribution >= 0.6 is 0 Å². The van der Waals surface area contributed by atoms with Gasteiger partial charge in [0.1, 0.15) is 6.10 Å². The standard InChI is InChI=1S/C13H22O2/c1-10(2)11(3)13(14)15-12-8-6-4-5-7-9-12/h12H,4-9H2,1-3H3. The van der Waals surface area contributed by atoms with Crippen molar-refractivity contribution in [2.24, 2.45) is 0 Å². The molecule has 2 heteroatoms. The first-order valence-corrected chi connectivity index (χ1v) is 5.96. The van der Waals surface area contributed by atoms with Gasteiger partial charge in [0.15, 0.2) is 0 Å². The van der Waals surface area contributed by atoms with Gasteiger partial charge in [0.2, 0.25) is 0 Å². The number of hydrogen-bond donors (Lipinski definition) is 0. The molecule has 0 spiro atoms. The zero-order valence-electron chi connectivity index (χ0n) is 10.1. The van der Waals surface area contributed by atoms with E-state index in [2.05, 4.69) is 0 Å². The average molecular weight is 210 g/mol. The number of rotatable bonds is 2. The number of ether oxygens (including phenoxy) is 1. The second kappa shape index (κ2) is 5.94. The molecule has 86 valence electrons. The topological polar surface area (TPSA) is 26.3 Å². The summed E-state index contributed by atoms with van der Waals surface area (Å²) < 4.78 is 5.50. The van der Waals surface area contributed by atoms with Gasteiger partial charge in [-0.25, -0.2) is 4.79 Å². The van der Waals surface area contributed by atoms with Gasteiger partial charge >= 0.3 is 5.97 Å². The molecule has 0 aromatic carbocycles. The summed E-state index contributed by atoms with van der Waals surface area (Å²) in [4.78, 5) is 11.7. The molecule has 1 fully saturated rings. The molecule has 0 saturated heterocycles. The lowest BCUT2D eigenvalue weighted by atomic mass is 10.1. The Bertz CT molecular complexity index is 241. The predicted octanol–water partition coefficient (Wildman–Crippen LogP) is 3.61. The molecule has 1 aliphatic carbocycles. The van der Waals surface area contributed by atoms with Gasteiger partial charge in [-0.2, -0.15) is 0 Å². The first-order valence-electron chi connectivity index (χ1n) is 5.96. The highest BCUT2D eigenvalue weighted by Gasteiger charge is 2.17. The molecule has 0 unspecified atom stereocenters. The number of carbonyl (C=O) groups excluding carboxylic acids is 1. The van der Waals surface area contributed by atoms with Gasteiger partial charge in [0, 0.05) is 5.57 Å². The minimum atomic E-state index is -0.123. The van der Waals surface area contributed by atoms with E-state index < -0.39 is 0 Å². The van der Waals surface area contributed by atoms with Crippen LogP contribution in [0.4, 0.5) is 0 Å². The van der Waals surface area contributed by atoms with E-state index in [1.165, 1.54) is 25.7 Å². The SMILES string of the molecule is CC(C)=C(C)C(=O)OC1CCCCCC1. The van der Waals surface area contributed by atoms with E-state index in [1.54, 1.807) is 0 Å². The predicted molar refractivity (Wildman–Crippen MR) is 61.6 cm³/mol. The summed E-state index contributed by atoms with van der Waals surface area (Å²) in [6.07, 6.45) is 7.22. The lowest BCUT2D eigenvalue weighted by molar-refractivity contribution is -0.144. The van der Waals surface area contributed by atoms with Crippen molar-refractivity contribution in [3.8, 4) is 0 Å².